The van der Waals surface area contributed by atoms with Gasteiger partial charge in [0.05, 0.1) is 15.5 Å². The second kappa shape index (κ2) is 7.75. The Bertz CT molecular complexity index is 705. The highest BCUT2D eigenvalue weighted by atomic mass is 32.2. The number of rotatable bonds is 5. The molecule has 0 saturated carbocycles. The average molecular weight is 345 g/mol. The number of hydrogen-bond donors (Lipinski definition) is 1. The lowest BCUT2D eigenvalue weighted by Crippen LogP contribution is -2.27. The van der Waals surface area contributed by atoms with Crippen LogP contribution in [-0.2, 0) is 4.79 Å². The van der Waals surface area contributed by atoms with Gasteiger partial charge in [0, 0.05) is 6.21 Å². The summed E-state index contributed by atoms with van der Waals surface area (Å²) in [4.78, 5) is 16.7. The number of aromatic nitrogens is 1. The summed E-state index contributed by atoms with van der Waals surface area (Å²) in [7, 11) is 0. The number of hydrazone groups is 1. The molecule has 1 aliphatic carbocycles. The van der Waals surface area contributed by atoms with Gasteiger partial charge < -0.3 is 0 Å². The van der Waals surface area contributed by atoms with Crippen molar-refractivity contribution >= 4 is 45.4 Å². The van der Waals surface area contributed by atoms with Gasteiger partial charge in [0.2, 0.25) is 0 Å². The van der Waals surface area contributed by atoms with E-state index in [-0.39, 0.29) is 11.2 Å². The van der Waals surface area contributed by atoms with Crippen LogP contribution in [0.25, 0.3) is 10.2 Å². The number of benzene rings is 1. The molecule has 0 fully saturated rings. The first-order chi connectivity index (χ1) is 11.2. The van der Waals surface area contributed by atoms with Crippen molar-refractivity contribution in [3.05, 3.63) is 36.4 Å². The molecule has 1 N–H and O–H groups in total. The van der Waals surface area contributed by atoms with E-state index in [9.17, 15) is 4.79 Å². The average Bonchev–Trinajstić information content (AvgIpc) is 2.98. The van der Waals surface area contributed by atoms with Crippen LogP contribution in [-0.4, -0.2) is 22.4 Å². The zero-order chi connectivity index (χ0) is 16.1. The summed E-state index contributed by atoms with van der Waals surface area (Å²) in [6, 6.07) is 8.01. The first-order valence-electron chi connectivity index (χ1n) is 7.72. The Labute approximate surface area is 144 Å². The Kier molecular flexibility index (Phi) is 5.46. The van der Waals surface area contributed by atoms with Crippen LogP contribution in [0.3, 0.4) is 0 Å². The van der Waals surface area contributed by atoms with Gasteiger partial charge in [-0.15, -0.1) is 11.3 Å². The predicted octanol–water partition coefficient (Wildman–Crippen LogP) is 4.24. The number of thioether (sulfide) groups is 1. The van der Waals surface area contributed by atoms with Crippen LogP contribution >= 0.6 is 23.1 Å². The molecule has 120 valence electrons. The van der Waals surface area contributed by atoms with E-state index in [1.54, 1.807) is 11.3 Å². The zero-order valence-electron chi connectivity index (χ0n) is 12.9. The number of nitrogens with zero attached hydrogens (tertiary/aromatic N) is 2. The smallest absolute Gasteiger partial charge is 0.253 e. The lowest BCUT2D eigenvalue weighted by atomic mass is 9.96. The van der Waals surface area contributed by atoms with E-state index < -0.39 is 0 Å². The third-order valence-corrected chi connectivity index (χ3v) is 5.92. The van der Waals surface area contributed by atoms with Crippen LogP contribution in [0.4, 0.5) is 0 Å². The first kappa shape index (κ1) is 16.2. The lowest BCUT2D eigenvalue weighted by Gasteiger charge is -2.12. The zero-order valence-corrected chi connectivity index (χ0v) is 14.6. The van der Waals surface area contributed by atoms with Crippen LogP contribution < -0.4 is 5.43 Å². The van der Waals surface area contributed by atoms with Crippen molar-refractivity contribution in [3.63, 3.8) is 0 Å². The van der Waals surface area contributed by atoms with Gasteiger partial charge in [-0.25, -0.2) is 10.4 Å². The number of carbonyl (C=O) groups is 1. The molecule has 1 amide bonds. The number of thiazole rings is 1. The maximum atomic E-state index is 12.1. The number of hydrogen-bond acceptors (Lipinski definition) is 5. The molecule has 4 nitrogen and oxygen atoms in total. The molecule has 2 atom stereocenters. The third kappa shape index (κ3) is 4.42. The molecule has 1 aromatic carbocycles. The molecule has 2 aromatic rings. The highest BCUT2D eigenvalue weighted by Crippen LogP contribution is 2.31. The number of nitrogens with one attached hydrogen (secondary N) is 1. The molecule has 1 aliphatic rings. The molecular weight excluding hydrogens is 326 g/mol. The maximum Gasteiger partial charge on any atom is 0.253 e. The fourth-order valence-corrected chi connectivity index (χ4v) is 4.56. The van der Waals surface area contributed by atoms with Crippen LogP contribution in [0, 0.1) is 5.92 Å². The summed E-state index contributed by atoms with van der Waals surface area (Å²) in [6.07, 6.45) is 9.43. The Morgan fingerprint density at radius 1 is 1.48 bits per heavy atom. The molecule has 0 bridgehead atoms. The quantitative estimate of drug-likeness (QED) is 0.382. The van der Waals surface area contributed by atoms with E-state index >= 15 is 0 Å². The van der Waals surface area contributed by atoms with Crippen molar-refractivity contribution in [2.45, 2.75) is 35.8 Å². The van der Waals surface area contributed by atoms with E-state index in [1.807, 2.05) is 37.4 Å². The monoisotopic (exact) mass is 345 g/mol. The summed E-state index contributed by atoms with van der Waals surface area (Å²) < 4.78 is 2.06. The minimum Gasteiger partial charge on any atom is -0.272 e. The topological polar surface area (TPSA) is 54.4 Å². The minimum absolute atomic E-state index is 0.0862. The number of amides is 1. The summed E-state index contributed by atoms with van der Waals surface area (Å²) in [5.41, 5.74) is 3.63. The minimum atomic E-state index is -0.223. The second-order valence-corrected chi connectivity index (χ2v) is 8.12. The highest BCUT2D eigenvalue weighted by molar-refractivity contribution is 8.02. The molecule has 0 spiro atoms. The van der Waals surface area contributed by atoms with E-state index in [1.165, 1.54) is 11.8 Å². The fourth-order valence-electron chi connectivity index (χ4n) is 2.36. The van der Waals surface area contributed by atoms with Crippen molar-refractivity contribution in [3.8, 4) is 0 Å². The number of fused-ring (bicyclic) bond motifs is 1. The lowest BCUT2D eigenvalue weighted by molar-refractivity contribution is -0.120. The van der Waals surface area contributed by atoms with E-state index in [0.29, 0.717) is 5.92 Å². The summed E-state index contributed by atoms with van der Waals surface area (Å²) in [5, 5.41) is 3.89. The van der Waals surface area contributed by atoms with Crippen molar-refractivity contribution in [1.29, 1.82) is 0 Å². The molecular formula is C17H19N3OS2. The second-order valence-electron chi connectivity index (χ2n) is 5.51. The Balaban J connectivity index is 1.52. The largest absolute Gasteiger partial charge is 0.272 e. The van der Waals surface area contributed by atoms with Gasteiger partial charge in [-0.2, -0.15) is 5.10 Å². The molecule has 0 radical (unpaired) electrons. The molecule has 0 unspecified atom stereocenters. The van der Waals surface area contributed by atoms with E-state index in [0.717, 1.165) is 33.8 Å². The number of allylic oxidation sites excluding steroid dienone is 2. The Hall–Kier alpha value is -1.66. The molecule has 6 heteroatoms. The Morgan fingerprint density at radius 3 is 3.13 bits per heavy atom. The third-order valence-electron chi connectivity index (χ3n) is 3.69. The molecule has 0 aliphatic heterocycles. The Morgan fingerprint density at radius 2 is 2.35 bits per heavy atom. The van der Waals surface area contributed by atoms with Crippen LogP contribution in [0.2, 0.25) is 0 Å². The number of para-hydroxylation sites is 1. The van der Waals surface area contributed by atoms with Crippen molar-refractivity contribution in [2.75, 3.05) is 0 Å². The highest BCUT2D eigenvalue weighted by Gasteiger charge is 2.16. The van der Waals surface area contributed by atoms with Crippen LogP contribution in [0.1, 0.15) is 26.2 Å². The summed E-state index contributed by atoms with van der Waals surface area (Å²) in [6.45, 7) is 1.88. The standard InChI is InChI=1S/C17H19N3OS2/c1-12(16(21)20-18-11-13-7-3-2-4-8-13)22-17-19-14-9-5-6-10-15(14)23-17/h2-3,5-6,9-13H,4,7-8H2,1H3,(H,20,21)/b18-11+/t12-,13-/m1/s1. The molecule has 0 saturated heterocycles. The SMILES string of the molecule is C[C@@H](Sc1nc2ccccc2s1)C(=O)N/N=C/[C@@H]1CC=CCC1. The van der Waals surface area contributed by atoms with E-state index in [4.69, 9.17) is 0 Å². The predicted molar refractivity (Wildman–Crippen MR) is 98.1 cm³/mol. The van der Waals surface area contributed by atoms with Crippen molar-refractivity contribution < 1.29 is 4.79 Å². The van der Waals surface area contributed by atoms with Crippen LogP contribution in [0.5, 0.6) is 0 Å². The first-order valence-corrected chi connectivity index (χ1v) is 9.42. The number of carbonyl (C=O) groups excluding carboxylic acids is 1. The van der Waals surface area contributed by atoms with Crippen LogP contribution in [0.15, 0.2) is 45.9 Å². The normalized spacial score (nSPS) is 19.3. The van der Waals surface area contributed by atoms with Gasteiger partial charge in [-0.05, 0) is 44.2 Å². The molecule has 23 heavy (non-hydrogen) atoms. The summed E-state index contributed by atoms with van der Waals surface area (Å²) >= 11 is 3.09. The maximum absolute atomic E-state index is 12.1. The van der Waals surface area contributed by atoms with Gasteiger partial charge >= 0.3 is 0 Å². The summed E-state index contributed by atoms with van der Waals surface area (Å²) in [5.74, 6) is 0.351. The molecule has 1 aromatic heterocycles. The van der Waals surface area contributed by atoms with Gasteiger partial charge in [-0.3, -0.25) is 4.79 Å². The van der Waals surface area contributed by atoms with Gasteiger partial charge in [0.1, 0.15) is 0 Å². The van der Waals surface area contributed by atoms with Gasteiger partial charge in [-0.1, -0.05) is 36.0 Å². The fraction of sp³-hybridized carbons (Fsp3) is 0.353. The van der Waals surface area contributed by atoms with Crippen molar-refractivity contribution in [2.24, 2.45) is 11.0 Å². The van der Waals surface area contributed by atoms with E-state index in [2.05, 4.69) is 27.7 Å². The van der Waals surface area contributed by atoms with Gasteiger partial charge in [0.25, 0.3) is 5.91 Å². The van der Waals surface area contributed by atoms with Gasteiger partial charge in [0.15, 0.2) is 4.34 Å². The molecule has 3 rings (SSSR count). The van der Waals surface area contributed by atoms with Crippen molar-refractivity contribution in [1.82, 2.24) is 10.4 Å². The molecule has 1 heterocycles.